The molecule has 0 aromatic rings. The maximum Gasteiger partial charge on any atom is 0.0437 e. The molecule has 0 aromatic carbocycles. The average Bonchev–Trinajstić information content (AvgIpc) is 1.75. The fourth-order valence-corrected chi connectivity index (χ4v) is 0.204. The Hall–Kier alpha value is -0.120. The highest BCUT2D eigenvalue weighted by atomic mass is 16.5. The third kappa shape index (κ3) is 25.0. The number of quaternary nitrogens is 1. The van der Waals surface area contributed by atoms with Gasteiger partial charge in [0.1, 0.15) is 0 Å². The van der Waals surface area contributed by atoms with Gasteiger partial charge in [-0.3, -0.25) is 0 Å². The Morgan fingerprint density at radius 1 is 1.29 bits per heavy atom. The van der Waals surface area contributed by atoms with Crippen LogP contribution in [0.2, 0.25) is 0 Å². The molecular weight excluding hydrogens is 94.0 g/mol. The summed E-state index contributed by atoms with van der Waals surface area (Å²) in [6.07, 6.45) is 0. The minimum atomic E-state index is 0.844. The molecule has 0 rings (SSSR count). The lowest BCUT2D eigenvalue weighted by molar-refractivity contribution is -0.275. The van der Waals surface area contributed by atoms with Crippen molar-refractivity contribution < 1.29 is 10.6 Å². The van der Waals surface area contributed by atoms with Crippen LogP contribution in [0.15, 0.2) is 0 Å². The SMILES string of the molecule is CCOCC.[NH3+][O-]. The molecule has 0 amide bonds. The van der Waals surface area contributed by atoms with Gasteiger partial charge in [-0.05, 0) is 13.8 Å². The molecule has 0 atom stereocenters. The highest BCUT2D eigenvalue weighted by Crippen LogP contribution is 1.64. The summed E-state index contributed by atoms with van der Waals surface area (Å²) in [7, 11) is 0. The molecule has 0 unspecified atom stereocenters. The van der Waals surface area contributed by atoms with Gasteiger partial charge in [-0.1, -0.05) is 0 Å². The molecule has 0 aliphatic rings. The summed E-state index contributed by atoms with van der Waals surface area (Å²) in [4.78, 5) is 0. The van der Waals surface area contributed by atoms with Gasteiger partial charge in [0.05, 0.1) is 0 Å². The maximum atomic E-state index is 8.00. The minimum absolute atomic E-state index is 0.844. The van der Waals surface area contributed by atoms with E-state index in [-0.39, 0.29) is 0 Å². The van der Waals surface area contributed by atoms with Crippen molar-refractivity contribution in [3.8, 4) is 0 Å². The second-order valence-electron chi connectivity index (χ2n) is 0.781. The quantitative estimate of drug-likeness (QED) is 0.495. The van der Waals surface area contributed by atoms with Gasteiger partial charge >= 0.3 is 0 Å². The summed E-state index contributed by atoms with van der Waals surface area (Å²) in [5, 5.41) is 8.00. The van der Waals surface area contributed by atoms with Gasteiger partial charge in [0, 0.05) is 13.2 Å². The molecule has 3 nitrogen and oxygen atoms in total. The van der Waals surface area contributed by atoms with Crippen molar-refractivity contribution in [1.29, 1.82) is 0 Å². The maximum absolute atomic E-state index is 8.00. The monoisotopic (exact) mass is 107 g/mol. The van der Waals surface area contributed by atoms with E-state index in [1.807, 2.05) is 19.7 Å². The van der Waals surface area contributed by atoms with Crippen molar-refractivity contribution in [2.45, 2.75) is 13.8 Å². The van der Waals surface area contributed by atoms with Crippen LogP contribution >= 0.6 is 0 Å². The number of hydrogen-bond acceptors (Lipinski definition) is 2. The Labute approximate surface area is 44.0 Å². The van der Waals surface area contributed by atoms with E-state index in [0.717, 1.165) is 13.2 Å². The standard InChI is InChI=1S/C4H10O.H3NO/c1-3-5-4-2;1-2/h3-4H2,1-2H3;1H3. The second kappa shape index (κ2) is 16.9. The van der Waals surface area contributed by atoms with Crippen LogP contribution in [0.25, 0.3) is 0 Å². The minimum Gasteiger partial charge on any atom is -0.637 e. The van der Waals surface area contributed by atoms with E-state index in [4.69, 9.17) is 9.94 Å². The summed E-state index contributed by atoms with van der Waals surface area (Å²) in [6.45, 7) is 5.67. The van der Waals surface area contributed by atoms with Crippen LogP contribution in [0.1, 0.15) is 13.8 Å². The molecule has 0 heterocycles. The normalized spacial score (nSPS) is 6.86. The molecule has 46 valence electrons. The highest BCUT2D eigenvalue weighted by molar-refractivity contribution is 4.07. The zero-order valence-electron chi connectivity index (χ0n) is 4.94. The first-order chi connectivity index (χ1) is 3.41. The van der Waals surface area contributed by atoms with Gasteiger partial charge in [0.15, 0.2) is 0 Å². The van der Waals surface area contributed by atoms with E-state index in [2.05, 4.69) is 0 Å². The van der Waals surface area contributed by atoms with E-state index < -0.39 is 0 Å². The Balaban J connectivity index is 0. The fourth-order valence-electron chi connectivity index (χ4n) is 0.204. The molecule has 0 aliphatic heterocycles. The van der Waals surface area contributed by atoms with Crippen molar-refractivity contribution in [3.05, 3.63) is 5.21 Å². The Bertz CT molecular complexity index is 17.2. The van der Waals surface area contributed by atoms with Crippen molar-refractivity contribution in [2.24, 2.45) is 0 Å². The lowest BCUT2D eigenvalue weighted by atomic mass is 10.8. The molecule has 0 bridgehead atoms. The number of ether oxygens (including phenoxy) is 1. The molecule has 3 N–H and O–H groups in total. The van der Waals surface area contributed by atoms with Crippen molar-refractivity contribution in [3.63, 3.8) is 0 Å². The molecule has 3 heteroatoms. The third-order valence-electron chi connectivity index (χ3n) is 0.408. The van der Waals surface area contributed by atoms with Gasteiger partial charge in [-0.2, -0.15) is 0 Å². The Morgan fingerprint density at radius 3 is 1.57 bits per heavy atom. The molecule has 0 saturated carbocycles. The van der Waals surface area contributed by atoms with Crippen molar-refractivity contribution in [1.82, 2.24) is 0 Å². The number of hydrogen-bond donors (Lipinski definition) is 1. The predicted octanol–water partition coefficient (Wildman–Crippen LogP) is -0.231. The van der Waals surface area contributed by atoms with Crippen LogP contribution in [0.3, 0.4) is 0 Å². The third-order valence-corrected chi connectivity index (χ3v) is 0.408. The van der Waals surface area contributed by atoms with Gasteiger partial charge < -0.3 is 15.8 Å². The first-order valence-corrected chi connectivity index (χ1v) is 2.28. The van der Waals surface area contributed by atoms with Crippen LogP contribution < -0.4 is 5.90 Å². The van der Waals surface area contributed by atoms with Crippen LogP contribution in [-0.2, 0) is 4.74 Å². The van der Waals surface area contributed by atoms with Gasteiger partial charge in [-0.15, -0.1) is 0 Å². The lowest BCUT2D eigenvalue weighted by Gasteiger charge is -1.86. The highest BCUT2D eigenvalue weighted by Gasteiger charge is 1.64. The van der Waals surface area contributed by atoms with Crippen LogP contribution in [0.5, 0.6) is 0 Å². The lowest BCUT2D eigenvalue weighted by Crippen LogP contribution is -2.37. The molecule has 0 spiro atoms. The summed E-state index contributed by atoms with van der Waals surface area (Å²) < 4.78 is 4.83. The predicted molar refractivity (Wildman–Crippen MR) is 28.4 cm³/mol. The molecule has 7 heavy (non-hydrogen) atoms. The van der Waals surface area contributed by atoms with E-state index >= 15 is 0 Å². The molecule has 0 aliphatic carbocycles. The summed E-state index contributed by atoms with van der Waals surface area (Å²) in [5.74, 6) is 2.00. The van der Waals surface area contributed by atoms with Gasteiger partial charge in [0.2, 0.25) is 0 Å². The summed E-state index contributed by atoms with van der Waals surface area (Å²) in [5.41, 5.74) is 0. The average molecular weight is 107 g/mol. The zero-order valence-corrected chi connectivity index (χ0v) is 4.94. The van der Waals surface area contributed by atoms with Crippen LogP contribution in [0, 0.1) is 5.21 Å². The van der Waals surface area contributed by atoms with Crippen LogP contribution in [0.4, 0.5) is 0 Å². The zero-order chi connectivity index (χ0) is 6.12. The molecule has 0 aromatic heterocycles. The molecule has 0 saturated heterocycles. The Morgan fingerprint density at radius 2 is 1.57 bits per heavy atom. The van der Waals surface area contributed by atoms with Gasteiger partial charge in [-0.25, -0.2) is 0 Å². The largest absolute Gasteiger partial charge is 0.637 e. The van der Waals surface area contributed by atoms with E-state index in [0.29, 0.717) is 0 Å². The van der Waals surface area contributed by atoms with Gasteiger partial charge in [0.25, 0.3) is 0 Å². The first kappa shape index (κ1) is 9.99. The molecule has 0 fully saturated rings. The first-order valence-electron chi connectivity index (χ1n) is 2.28. The Kier molecular flexibility index (Phi) is 24.1. The van der Waals surface area contributed by atoms with Crippen molar-refractivity contribution >= 4 is 0 Å². The molecule has 0 radical (unpaired) electrons. The smallest absolute Gasteiger partial charge is 0.0437 e. The second-order valence-corrected chi connectivity index (χ2v) is 0.781. The topological polar surface area (TPSA) is 59.9 Å². The summed E-state index contributed by atoms with van der Waals surface area (Å²) >= 11 is 0. The van der Waals surface area contributed by atoms with E-state index in [9.17, 15) is 0 Å². The number of rotatable bonds is 2. The van der Waals surface area contributed by atoms with E-state index in [1.165, 1.54) is 0 Å². The summed E-state index contributed by atoms with van der Waals surface area (Å²) in [6, 6.07) is 0. The fraction of sp³-hybridized carbons (Fsp3) is 1.00. The van der Waals surface area contributed by atoms with Crippen molar-refractivity contribution in [2.75, 3.05) is 13.2 Å². The van der Waals surface area contributed by atoms with E-state index in [1.54, 1.807) is 0 Å². The van der Waals surface area contributed by atoms with Crippen LogP contribution in [-0.4, -0.2) is 13.2 Å². The molecular formula is C4H13NO2.